The maximum absolute atomic E-state index is 11.2. The summed E-state index contributed by atoms with van der Waals surface area (Å²) < 4.78 is 0. The Morgan fingerprint density at radius 3 is 2.19 bits per heavy atom. The Bertz CT molecular complexity index is 1250. The van der Waals surface area contributed by atoms with Crippen LogP contribution in [0.3, 0.4) is 0 Å². The molecular weight excluding hydrogens is 458 g/mol. The van der Waals surface area contributed by atoms with Crippen molar-refractivity contribution in [2.75, 3.05) is 0 Å². The molecule has 1 aliphatic rings. The van der Waals surface area contributed by atoms with Crippen molar-refractivity contribution >= 4 is 5.97 Å². The minimum atomic E-state index is -0.850. The highest BCUT2D eigenvalue weighted by Crippen LogP contribution is 2.41. The van der Waals surface area contributed by atoms with Gasteiger partial charge < -0.3 is 10.2 Å². The number of aliphatic hydroxyl groups is 1. The van der Waals surface area contributed by atoms with E-state index in [1.54, 1.807) is 6.20 Å². The molecule has 1 aromatic heterocycles. The highest BCUT2D eigenvalue weighted by Gasteiger charge is 2.33. The molecular formula is C33H41NO3. The van der Waals surface area contributed by atoms with Crippen LogP contribution in [0.4, 0.5) is 0 Å². The Balaban J connectivity index is 1.62. The van der Waals surface area contributed by atoms with E-state index in [1.165, 1.54) is 22.3 Å². The number of hydrogen-bond donors (Lipinski definition) is 2. The van der Waals surface area contributed by atoms with Gasteiger partial charge in [0.1, 0.15) is 0 Å². The molecule has 0 saturated heterocycles. The van der Waals surface area contributed by atoms with Crippen LogP contribution in [-0.2, 0) is 23.1 Å². The number of benzene rings is 2. The summed E-state index contributed by atoms with van der Waals surface area (Å²) in [4.78, 5) is 15.4. The summed E-state index contributed by atoms with van der Waals surface area (Å²) in [5.41, 5.74) is 8.65. The van der Waals surface area contributed by atoms with E-state index in [0.717, 1.165) is 68.1 Å². The normalized spacial score (nSPS) is 15.2. The van der Waals surface area contributed by atoms with Crippen molar-refractivity contribution in [3.8, 4) is 11.1 Å². The Morgan fingerprint density at radius 2 is 1.59 bits per heavy atom. The quantitative estimate of drug-likeness (QED) is 0.306. The third-order valence-electron chi connectivity index (χ3n) is 8.74. The highest BCUT2D eigenvalue weighted by molar-refractivity contribution is 5.72. The molecule has 1 fully saturated rings. The second-order valence-electron chi connectivity index (χ2n) is 11.0. The number of carbonyl (C=O) groups is 1. The van der Waals surface area contributed by atoms with Gasteiger partial charge in [0.2, 0.25) is 0 Å². The molecule has 2 N–H and O–H groups in total. The molecule has 3 aromatic rings. The Kier molecular flexibility index (Phi) is 8.18. The monoisotopic (exact) mass is 499 g/mol. The fourth-order valence-electron chi connectivity index (χ4n) is 6.35. The van der Waals surface area contributed by atoms with Crippen molar-refractivity contribution in [3.63, 3.8) is 0 Å². The van der Waals surface area contributed by atoms with Crippen LogP contribution < -0.4 is 0 Å². The molecule has 4 rings (SSSR count). The molecule has 2 aromatic carbocycles. The molecule has 0 unspecified atom stereocenters. The molecule has 0 bridgehead atoms. The first-order valence-corrected chi connectivity index (χ1v) is 13.8. The van der Waals surface area contributed by atoms with Crippen molar-refractivity contribution in [1.82, 2.24) is 4.98 Å². The zero-order chi connectivity index (χ0) is 26.6. The van der Waals surface area contributed by atoms with Crippen molar-refractivity contribution in [1.29, 1.82) is 0 Å². The summed E-state index contributed by atoms with van der Waals surface area (Å²) >= 11 is 0. The number of rotatable bonds is 10. The molecule has 0 atom stereocenters. The third-order valence-corrected chi connectivity index (χ3v) is 8.74. The lowest BCUT2D eigenvalue weighted by Gasteiger charge is -2.34. The van der Waals surface area contributed by atoms with Gasteiger partial charge in [0.05, 0.1) is 12.0 Å². The number of pyridine rings is 1. The maximum Gasteiger partial charge on any atom is 0.307 e. The van der Waals surface area contributed by atoms with Gasteiger partial charge in [0.15, 0.2) is 0 Å². The minimum Gasteiger partial charge on any atom is -0.481 e. The molecule has 1 saturated carbocycles. The van der Waals surface area contributed by atoms with Crippen LogP contribution in [0.25, 0.3) is 11.1 Å². The molecule has 0 radical (unpaired) electrons. The van der Waals surface area contributed by atoms with Gasteiger partial charge in [-0.05, 0) is 97.4 Å². The van der Waals surface area contributed by atoms with Gasteiger partial charge in [-0.2, -0.15) is 0 Å². The van der Waals surface area contributed by atoms with Crippen LogP contribution in [0.15, 0.2) is 54.9 Å². The van der Waals surface area contributed by atoms with E-state index in [0.29, 0.717) is 5.56 Å². The fraction of sp³-hybridized carbons (Fsp3) is 0.455. The SMILES string of the molecule is CCC(CC)(c1ccc(CCC2(O)CCCC2)c(C)c1)c1ccc(-c2cncc(CC(=O)O)c2)c(C)c1. The molecule has 0 aliphatic heterocycles. The van der Waals surface area contributed by atoms with Crippen LogP contribution >= 0.6 is 0 Å². The first-order chi connectivity index (χ1) is 17.7. The first-order valence-electron chi connectivity index (χ1n) is 13.8. The topological polar surface area (TPSA) is 70.4 Å². The Morgan fingerprint density at radius 1 is 0.946 bits per heavy atom. The van der Waals surface area contributed by atoms with Crippen LogP contribution in [0.1, 0.15) is 92.2 Å². The van der Waals surface area contributed by atoms with Crippen LogP contribution in [-0.4, -0.2) is 26.8 Å². The maximum atomic E-state index is 11.2. The Labute approximate surface area is 221 Å². The zero-order valence-electron chi connectivity index (χ0n) is 22.8. The molecule has 1 aliphatic carbocycles. The average molecular weight is 500 g/mol. The zero-order valence-corrected chi connectivity index (χ0v) is 22.8. The van der Waals surface area contributed by atoms with Gasteiger partial charge in [-0.15, -0.1) is 0 Å². The molecule has 1 heterocycles. The fourth-order valence-corrected chi connectivity index (χ4v) is 6.35. The predicted octanol–water partition coefficient (Wildman–Crippen LogP) is 7.34. The van der Waals surface area contributed by atoms with E-state index >= 15 is 0 Å². The van der Waals surface area contributed by atoms with Gasteiger partial charge in [0.25, 0.3) is 0 Å². The van der Waals surface area contributed by atoms with E-state index in [2.05, 4.69) is 69.1 Å². The third kappa shape index (κ3) is 5.80. The Hall–Kier alpha value is -2.98. The predicted molar refractivity (Wildman–Crippen MR) is 150 cm³/mol. The smallest absolute Gasteiger partial charge is 0.307 e. The number of aliphatic carboxylic acids is 1. The van der Waals surface area contributed by atoms with E-state index in [9.17, 15) is 9.90 Å². The molecule has 0 amide bonds. The summed E-state index contributed by atoms with van der Waals surface area (Å²) in [6.45, 7) is 8.87. The summed E-state index contributed by atoms with van der Waals surface area (Å²) in [5, 5.41) is 20.0. The lowest BCUT2D eigenvalue weighted by Crippen LogP contribution is -2.27. The number of aryl methyl sites for hydroxylation is 3. The minimum absolute atomic E-state index is 0.0264. The second-order valence-corrected chi connectivity index (χ2v) is 11.0. The van der Waals surface area contributed by atoms with Gasteiger partial charge in [-0.1, -0.05) is 63.1 Å². The number of nitrogens with zero attached hydrogens (tertiary/aromatic N) is 1. The summed E-state index contributed by atoms with van der Waals surface area (Å²) in [6, 6.07) is 15.6. The van der Waals surface area contributed by atoms with E-state index < -0.39 is 11.6 Å². The van der Waals surface area contributed by atoms with Crippen molar-refractivity contribution in [2.24, 2.45) is 0 Å². The van der Waals surface area contributed by atoms with Gasteiger partial charge >= 0.3 is 5.97 Å². The molecule has 4 nitrogen and oxygen atoms in total. The number of carboxylic acid groups (broad SMARTS) is 1. The van der Waals surface area contributed by atoms with E-state index in [1.807, 2.05) is 12.3 Å². The van der Waals surface area contributed by atoms with Crippen molar-refractivity contribution in [3.05, 3.63) is 88.2 Å². The first kappa shape index (κ1) is 27.1. The molecule has 37 heavy (non-hydrogen) atoms. The number of hydrogen-bond acceptors (Lipinski definition) is 3. The van der Waals surface area contributed by atoms with Crippen molar-refractivity contribution in [2.45, 2.75) is 96.5 Å². The lowest BCUT2D eigenvalue weighted by molar-refractivity contribution is -0.136. The van der Waals surface area contributed by atoms with E-state index in [-0.39, 0.29) is 11.8 Å². The van der Waals surface area contributed by atoms with Crippen LogP contribution in [0.2, 0.25) is 0 Å². The number of aromatic nitrogens is 1. The second kappa shape index (κ2) is 11.2. The van der Waals surface area contributed by atoms with E-state index in [4.69, 9.17) is 5.11 Å². The molecule has 0 spiro atoms. The van der Waals surface area contributed by atoms with Gasteiger partial charge in [-0.25, -0.2) is 0 Å². The molecule has 4 heteroatoms. The highest BCUT2D eigenvalue weighted by atomic mass is 16.4. The van der Waals surface area contributed by atoms with Crippen molar-refractivity contribution < 1.29 is 15.0 Å². The summed E-state index contributed by atoms with van der Waals surface area (Å²) in [7, 11) is 0. The summed E-state index contributed by atoms with van der Waals surface area (Å²) in [6.07, 6.45) is 11.3. The average Bonchev–Trinajstić information content (AvgIpc) is 3.31. The summed E-state index contributed by atoms with van der Waals surface area (Å²) in [5.74, 6) is -0.850. The molecule has 196 valence electrons. The van der Waals surface area contributed by atoms with Crippen LogP contribution in [0.5, 0.6) is 0 Å². The number of carboxylic acids is 1. The lowest BCUT2D eigenvalue weighted by atomic mass is 9.69. The standard InChI is InChI=1S/C33H41NO3/c1-5-33(6-2,28-10-9-26(23(3)17-28)13-16-32(37)14-7-8-15-32)29-11-12-30(24(4)18-29)27-19-25(20-31(35)36)21-34-22-27/h9-12,17-19,21-22,37H,5-8,13-16,20H2,1-4H3,(H,35,36). The van der Waals surface area contributed by atoms with Gasteiger partial charge in [-0.3, -0.25) is 9.78 Å². The largest absolute Gasteiger partial charge is 0.481 e. The van der Waals surface area contributed by atoms with Crippen LogP contribution in [0, 0.1) is 13.8 Å². The van der Waals surface area contributed by atoms with Gasteiger partial charge in [0, 0.05) is 23.4 Å².